The lowest BCUT2D eigenvalue weighted by Crippen LogP contribution is -2.43. The second kappa shape index (κ2) is 3.69. The van der Waals surface area contributed by atoms with Crippen molar-refractivity contribution in [2.45, 2.75) is 25.3 Å². The zero-order valence-corrected chi connectivity index (χ0v) is 7.68. The lowest BCUT2D eigenvalue weighted by Gasteiger charge is -2.17. The van der Waals surface area contributed by atoms with E-state index in [0.717, 1.165) is 19.3 Å². The molecule has 5 nitrogen and oxygen atoms in total. The van der Waals surface area contributed by atoms with Crippen molar-refractivity contribution >= 4 is 10.2 Å². The number of nitrogens with one attached hydrogen (secondary N) is 1. The van der Waals surface area contributed by atoms with Gasteiger partial charge in [0.25, 0.3) is 10.2 Å². The average molecular weight is 193 g/mol. The van der Waals surface area contributed by atoms with E-state index in [4.69, 9.17) is 10.9 Å². The van der Waals surface area contributed by atoms with Gasteiger partial charge < -0.3 is 5.73 Å². The Kier molecular flexibility index (Phi) is 3.05. The molecule has 0 bridgehead atoms. The van der Waals surface area contributed by atoms with E-state index in [1.165, 1.54) is 0 Å². The molecule has 1 rings (SSSR count). The van der Waals surface area contributed by atoms with Gasteiger partial charge in [-0.05, 0) is 25.3 Å². The third-order valence-corrected chi connectivity index (χ3v) is 2.91. The summed E-state index contributed by atoms with van der Waals surface area (Å²) in [5.74, 6) is 0.253. The van der Waals surface area contributed by atoms with Gasteiger partial charge in [-0.3, -0.25) is 0 Å². The maximum absolute atomic E-state index is 10.7. The number of hydrogen-bond acceptors (Lipinski definition) is 3. The fraction of sp³-hybridized carbons (Fsp3) is 1.00. The van der Waals surface area contributed by atoms with Crippen LogP contribution in [0, 0.1) is 5.92 Å². The highest BCUT2D eigenvalue weighted by Gasteiger charge is 2.28. The van der Waals surface area contributed by atoms with Crippen molar-refractivity contribution in [3.63, 3.8) is 0 Å². The van der Waals surface area contributed by atoms with Crippen molar-refractivity contribution in [2.24, 2.45) is 16.8 Å². The Morgan fingerprint density at radius 1 is 1.42 bits per heavy atom. The van der Waals surface area contributed by atoms with Crippen molar-refractivity contribution in [2.75, 3.05) is 6.54 Å². The average Bonchev–Trinajstić information content (AvgIpc) is 2.31. The maximum atomic E-state index is 10.7. The van der Waals surface area contributed by atoms with Crippen LogP contribution in [0.25, 0.3) is 0 Å². The van der Waals surface area contributed by atoms with Crippen molar-refractivity contribution in [1.29, 1.82) is 0 Å². The first-order chi connectivity index (χ1) is 5.53. The SMILES string of the molecule is NCC1CCCC1NS(N)(=O)=O. The maximum Gasteiger partial charge on any atom is 0.274 e. The molecule has 12 heavy (non-hydrogen) atoms. The second-order valence-electron chi connectivity index (χ2n) is 3.20. The highest BCUT2D eigenvalue weighted by atomic mass is 32.2. The molecule has 0 saturated heterocycles. The third-order valence-electron chi connectivity index (χ3n) is 2.28. The first-order valence-corrected chi connectivity index (χ1v) is 5.57. The molecule has 1 aliphatic carbocycles. The molecule has 0 aromatic carbocycles. The minimum absolute atomic E-state index is 0.0509. The van der Waals surface area contributed by atoms with Crippen molar-refractivity contribution in [3.05, 3.63) is 0 Å². The van der Waals surface area contributed by atoms with Crippen LogP contribution in [0.2, 0.25) is 0 Å². The van der Waals surface area contributed by atoms with E-state index in [1.807, 2.05) is 0 Å². The molecule has 0 spiro atoms. The summed E-state index contributed by atoms with van der Waals surface area (Å²) >= 11 is 0. The Morgan fingerprint density at radius 2 is 2.08 bits per heavy atom. The van der Waals surface area contributed by atoms with Crippen molar-refractivity contribution < 1.29 is 8.42 Å². The Labute approximate surface area is 72.7 Å². The predicted molar refractivity (Wildman–Crippen MR) is 46.4 cm³/mol. The molecule has 72 valence electrons. The van der Waals surface area contributed by atoms with E-state index in [2.05, 4.69) is 4.72 Å². The summed E-state index contributed by atoms with van der Waals surface area (Å²) < 4.78 is 23.7. The standard InChI is InChI=1S/C6H15N3O2S/c7-4-5-2-1-3-6(5)9-12(8,10)11/h5-6,9H,1-4,7H2,(H2,8,10,11). The third kappa shape index (κ3) is 2.71. The molecule has 0 radical (unpaired) electrons. The first kappa shape index (κ1) is 9.91. The number of hydrogen-bond donors (Lipinski definition) is 3. The molecule has 0 aliphatic heterocycles. The van der Waals surface area contributed by atoms with Crippen LogP contribution in [0.15, 0.2) is 0 Å². The van der Waals surface area contributed by atoms with Gasteiger partial charge in [0.2, 0.25) is 0 Å². The molecule has 5 N–H and O–H groups in total. The quantitative estimate of drug-likeness (QED) is 0.531. The summed E-state index contributed by atoms with van der Waals surface area (Å²) in [6, 6.07) is -0.0509. The van der Waals surface area contributed by atoms with E-state index in [9.17, 15) is 8.42 Å². The normalized spacial score (nSPS) is 30.8. The molecule has 2 atom stereocenters. The van der Waals surface area contributed by atoms with Crippen LogP contribution < -0.4 is 15.6 Å². The van der Waals surface area contributed by atoms with E-state index < -0.39 is 10.2 Å². The summed E-state index contributed by atoms with van der Waals surface area (Å²) in [7, 11) is -3.56. The van der Waals surface area contributed by atoms with Gasteiger partial charge in [-0.2, -0.15) is 13.1 Å². The van der Waals surface area contributed by atoms with Crippen LogP contribution in [0.3, 0.4) is 0 Å². The van der Waals surface area contributed by atoms with Crippen LogP contribution in [-0.2, 0) is 10.2 Å². The summed E-state index contributed by atoms with van der Waals surface area (Å²) in [5, 5.41) is 4.85. The molecule has 1 aliphatic rings. The molecule has 0 amide bonds. The molecule has 2 unspecified atom stereocenters. The van der Waals surface area contributed by atoms with Crippen LogP contribution in [0.4, 0.5) is 0 Å². The first-order valence-electron chi connectivity index (χ1n) is 4.03. The van der Waals surface area contributed by atoms with Crippen molar-refractivity contribution in [1.82, 2.24) is 4.72 Å². The van der Waals surface area contributed by atoms with E-state index in [-0.39, 0.29) is 12.0 Å². The fourth-order valence-electron chi connectivity index (χ4n) is 1.69. The zero-order valence-electron chi connectivity index (χ0n) is 6.86. The number of nitrogens with two attached hydrogens (primary N) is 2. The van der Waals surface area contributed by atoms with E-state index >= 15 is 0 Å². The summed E-state index contributed by atoms with van der Waals surface area (Å²) in [4.78, 5) is 0. The number of rotatable bonds is 3. The van der Waals surface area contributed by atoms with Gasteiger partial charge in [-0.25, -0.2) is 5.14 Å². The van der Waals surface area contributed by atoms with Crippen LogP contribution >= 0.6 is 0 Å². The lowest BCUT2D eigenvalue weighted by atomic mass is 10.1. The smallest absolute Gasteiger partial charge is 0.274 e. The molecule has 0 aromatic heterocycles. The minimum Gasteiger partial charge on any atom is -0.330 e. The Morgan fingerprint density at radius 3 is 2.58 bits per heavy atom. The topological polar surface area (TPSA) is 98.2 Å². The van der Waals surface area contributed by atoms with Gasteiger partial charge >= 0.3 is 0 Å². The molecular weight excluding hydrogens is 178 g/mol. The highest BCUT2D eigenvalue weighted by molar-refractivity contribution is 7.87. The van der Waals surface area contributed by atoms with Gasteiger partial charge in [0.15, 0.2) is 0 Å². The van der Waals surface area contributed by atoms with Crippen LogP contribution in [-0.4, -0.2) is 21.0 Å². The van der Waals surface area contributed by atoms with E-state index in [0.29, 0.717) is 6.54 Å². The fourth-order valence-corrected chi connectivity index (χ4v) is 2.42. The summed E-state index contributed by atoms with van der Waals surface area (Å²) in [6.45, 7) is 0.521. The second-order valence-corrected chi connectivity index (χ2v) is 4.52. The van der Waals surface area contributed by atoms with E-state index in [1.54, 1.807) is 0 Å². The summed E-state index contributed by atoms with van der Waals surface area (Å²) in [6.07, 6.45) is 2.86. The Hall–Kier alpha value is -0.170. The Balaban J connectivity index is 2.52. The van der Waals surface area contributed by atoms with Gasteiger partial charge in [-0.1, -0.05) is 6.42 Å². The van der Waals surface area contributed by atoms with Gasteiger partial charge in [-0.15, -0.1) is 0 Å². The molecule has 1 fully saturated rings. The van der Waals surface area contributed by atoms with Gasteiger partial charge in [0.05, 0.1) is 0 Å². The minimum atomic E-state index is -3.56. The summed E-state index contributed by atoms with van der Waals surface area (Å²) in [5.41, 5.74) is 5.47. The monoisotopic (exact) mass is 193 g/mol. The van der Waals surface area contributed by atoms with Crippen molar-refractivity contribution in [3.8, 4) is 0 Å². The molecule has 0 aromatic rings. The van der Waals surface area contributed by atoms with Gasteiger partial charge in [0.1, 0.15) is 0 Å². The lowest BCUT2D eigenvalue weighted by molar-refractivity contribution is 0.453. The predicted octanol–water partition coefficient (Wildman–Crippen LogP) is -1.09. The van der Waals surface area contributed by atoms with Crippen LogP contribution in [0.5, 0.6) is 0 Å². The molecule has 6 heteroatoms. The molecule has 1 saturated carbocycles. The zero-order chi connectivity index (χ0) is 9.19. The molecular formula is C6H15N3O2S. The van der Waals surface area contributed by atoms with Crippen LogP contribution in [0.1, 0.15) is 19.3 Å². The largest absolute Gasteiger partial charge is 0.330 e. The highest BCUT2D eigenvalue weighted by Crippen LogP contribution is 2.24. The molecule has 0 heterocycles. The van der Waals surface area contributed by atoms with Gasteiger partial charge in [0, 0.05) is 6.04 Å². The Bertz CT molecular complexity index is 239.